The Morgan fingerprint density at radius 3 is 2.91 bits per heavy atom. The van der Waals surface area contributed by atoms with E-state index in [1.165, 1.54) is 4.63 Å². The van der Waals surface area contributed by atoms with Crippen molar-refractivity contribution in [2.75, 3.05) is 5.32 Å². The van der Waals surface area contributed by atoms with Crippen molar-refractivity contribution in [1.29, 1.82) is 0 Å². The Balaban J connectivity index is 1.69. The van der Waals surface area contributed by atoms with Gasteiger partial charge in [-0.05, 0) is 48.5 Å². The molecule has 0 saturated carbocycles. The van der Waals surface area contributed by atoms with Crippen LogP contribution in [0.4, 0.5) is 5.82 Å². The third-order valence-corrected chi connectivity index (χ3v) is 3.82. The number of hydrogen-bond acceptors (Lipinski definition) is 6. The summed E-state index contributed by atoms with van der Waals surface area (Å²) < 4.78 is 3.61. The molecular weight excluding hydrogens is 292 g/mol. The molecule has 116 valence electrons. The van der Waals surface area contributed by atoms with E-state index in [4.69, 9.17) is 4.98 Å². The van der Waals surface area contributed by atoms with Crippen LogP contribution in [-0.2, 0) is 6.54 Å². The Morgan fingerprint density at radius 1 is 1.17 bits per heavy atom. The maximum absolute atomic E-state index is 4.76. The highest BCUT2D eigenvalue weighted by atomic mass is 15.6. The van der Waals surface area contributed by atoms with Crippen molar-refractivity contribution in [1.82, 2.24) is 34.8 Å². The molecule has 4 rings (SSSR count). The Morgan fingerprint density at radius 2 is 2.04 bits per heavy atom. The summed E-state index contributed by atoms with van der Waals surface area (Å²) >= 11 is 0. The predicted octanol–water partition coefficient (Wildman–Crippen LogP) is 2.06. The van der Waals surface area contributed by atoms with Crippen LogP contribution in [0, 0.1) is 0 Å². The van der Waals surface area contributed by atoms with Gasteiger partial charge in [0.25, 0.3) is 0 Å². The van der Waals surface area contributed by atoms with Crippen LogP contribution in [0.3, 0.4) is 0 Å². The van der Waals surface area contributed by atoms with Crippen LogP contribution >= 0.6 is 0 Å². The molecule has 0 aliphatic carbocycles. The van der Waals surface area contributed by atoms with Gasteiger partial charge >= 0.3 is 0 Å². The molecule has 0 spiro atoms. The number of fused-ring (bicyclic) bond motifs is 2. The van der Waals surface area contributed by atoms with Gasteiger partial charge < -0.3 is 9.88 Å². The van der Waals surface area contributed by atoms with Crippen molar-refractivity contribution in [3.63, 3.8) is 0 Å². The Hall–Kier alpha value is -3.03. The van der Waals surface area contributed by atoms with Gasteiger partial charge in [-0.25, -0.2) is 4.98 Å². The molecule has 1 atom stereocenters. The summed E-state index contributed by atoms with van der Waals surface area (Å²) in [4.78, 5) is 4.76. The average molecular weight is 308 g/mol. The number of anilines is 1. The molecule has 1 unspecified atom stereocenters. The van der Waals surface area contributed by atoms with E-state index < -0.39 is 0 Å². The van der Waals surface area contributed by atoms with Crippen molar-refractivity contribution in [3.8, 4) is 0 Å². The maximum Gasteiger partial charge on any atom is 0.200 e. The SMILES string of the molecule is CCn1c(C(C)Nc2ccc3nnnn3n2)nc2ccccc21. The lowest BCUT2D eigenvalue weighted by atomic mass is 10.3. The molecule has 3 heterocycles. The maximum atomic E-state index is 4.76. The molecule has 0 aliphatic rings. The van der Waals surface area contributed by atoms with Gasteiger partial charge in [-0.3, -0.25) is 0 Å². The highest BCUT2D eigenvalue weighted by molar-refractivity contribution is 5.76. The van der Waals surface area contributed by atoms with Gasteiger partial charge in [0, 0.05) is 6.54 Å². The zero-order valence-electron chi connectivity index (χ0n) is 12.9. The number of imidazole rings is 1. The normalized spacial score (nSPS) is 12.8. The first-order chi connectivity index (χ1) is 11.3. The summed E-state index contributed by atoms with van der Waals surface area (Å²) in [6.07, 6.45) is 0. The highest BCUT2D eigenvalue weighted by Gasteiger charge is 2.16. The predicted molar refractivity (Wildman–Crippen MR) is 86.0 cm³/mol. The molecule has 0 bridgehead atoms. The number of aromatic nitrogens is 7. The molecule has 8 nitrogen and oxygen atoms in total. The second kappa shape index (κ2) is 5.31. The van der Waals surface area contributed by atoms with Gasteiger partial charge in [-0.1, -0.05) is 12.1 Å². The van der Waals surface area contributed by atoms with E-state index in [-0.39, 0.29) is 6.04 Å². The fraction of sp³-hybridized carbons (Fsp3) is 0.267. The zero-order chi connectivity index (χ0) is 15.8. The first kappa shape index (κ1) is 13.6. The molecule has 0 fully saturated rings. The van der Waals surface area contributed by atoms with Gasteiger partial charge in [0.2, 0.25) is 0 Å². The van der Waals surface area contributed by atoms with Crippen LogP contribution in [0.2, 0.25) is 0 Å². The van der Waals surface area contributed by atoms with E-state index in [0.29, 0.717) is 11.5 Å². The van der Waals surface area contributed by atoms with E-state index in [2.05, 4.69) is 50.4 Å². The van der Waals surface area contributed by atoms with Gasteiger partial charge in [-0.15, -0.1) is 14.8 Å². The largest absolute Gasteiger partial charge is 0.359 e. The van der Waals surface area contributed by atoms with Crippen LogP contribution in [-0.4, -0.2) is 34.8 Å². The van der Waals surface area contributed by atoms with E-state index in [1.807, 2.05) is 30.3 Å². The number of benzene rings is 1. The molecule has 0 aliphatic heterocycles. The second-order valence-electron chi connectivity index (χ2n) is 5.31. The molecule has 23 heavy (non-hydrogen) atoms. The van der Waals surface area contributed by atoms with Crippen LogP contribution in [0.25, 0.3) is 16.7 Å². The monoisotopic (exact) mass is 308 g/mol. The topological polar surface area (TPSA) is 85.8 Å². The minimum Gasteiger partial charge on any atom is -0.359 e. The Kier molecular flexibility index (Phi) is 3.14. The minimum absolute atomic E-state index is 0.00350. The van der Waals surface area contributed by atoms with E-state index in [1.54, 1.807) is 0 Å². The van der Waals surface area contributed by atoms with Gasteiger partial charge in [-0.2, -0.15) is 0 Å². The van der Waals surface area contributed by atoms with E-state index >= 15 is 0 Å². The van der Waals surface area contributed by atoms with Crippen molar-refractivity contribution in [3.05, 3.63) is 42.2 Å². The average Bonchev–Trinajstić information content (AvgIpc) is 3.18. The first-order valence-corrected chi connectivity index (χ1v) is 7.53. The second-order valence-corrected chi connectivity index (χ2v) is 5.31. The van der Waals surface area contributed by atoms with Crippen LogP contribution in [0.1, 0.15) is 25.7 Å². The summed E-state index contributed by atoms with van der Waals surface area (Å²) in [5.74, 6) is 1.68. The number of nitrogens with one attached hydrogen (secondary N) is 1. The van der Waals surface area contributed by atoms with Crippen molar-refractivity contribution < 1.29 is 0 Å². The summed E-state index contributed by atoms with van der Waals surface area (Å²) in [5, 5.41) is 19.0. The van der Waals surface area contributed by atoms with Crippen LogP contribution in [0.5, 0.6) is 0 Å². The molecule has 0 amide bonds. The van der Waals surface area contributed by atoms with Crippen molar-refractivity contribution in [2.24, 2.45) is 0 Å². The molecule has 8 heteroatoms. The van der Waals surface area contributed by atoms with Crippen LogP contribution in [0.15, 0.2) is 36.4 Å². The Bertz CT molecular complexity index is 970. The molecule has 4 aromatic rings. The first-order valence-electron chi connectivity index (χ1n) is 7.53. The fourth-order valence-corrected chi connectivity index (χ4v) is 2.77. The number of tetrazole rings is 1. The van der Waals surface area contributed by atoms with Gasteiger partial charge in [0.15, 0.2) is 5.65 Å². The lowest BCUT2D eigenvalue weighted by molar-refractivity contribution is 0.666. The minimum atomic E-state index is 0.00350. The smallest absolute Gasteiger partial charge is 0.200 e. The molecule has 3 aromatic heterocycles. The quantitative estimate of drug-likeness (QED) is 0.621. The molecule has 1 N–H and O–H groups in total. The number of nitrogens with zero attached hydrogens (tertiary/aromatic N) is 7. The van der Waals surface area contributed by atoms with E-state index in [0.717, 1.165) is 23.4 Å². The van der Waals surface area contributed by atoms with Crippen LogP contribution < -0.4 is 5.32 Å². The number of rotatable bonds is 4. The van der Waals surface area contributed by atoms with Gasteiger partial charge in [0.05, 0.1) is 17.1 Å². The lowest BCUT2D eigenvalue weighted by Gasteiger charge is -2.15. The number of hydrogen-bond donors (Lipinski definition) is 1. The number of aryl methyl sites for hydroxylation is 1. The lowest BCUT2D eigenvalue weighted by Crippen LogP contribution is -2.15. The third-order valence-electron chi connectivity index (χ3n) is 3.82. The zero-order valence-corrected chi connectivity index (χ0v) is 12.9. The van der Waals surface area contributed by atoms with Gasteiger partial charge in [0.1, 0.15) is 11.6 Å². The Labute approximate surface area is 132 Å². The van der Waals surface area contributed by atoms with Crippen molar-refractivity contribution >= 4 is 22.5 Å². The summed E-state index contributed by atoms with van der Waals surface area (Å²) in [7, 11) is 0. The molecule has 0 saturated heterocycles. The molecule has 1 aromatic carbocycles. The molecule has 0 radical (unpaired) electrons. The van der Waals surface area contributed by atoms with E-state index in [9.17, 15) is 0 Å². The standard InChI is InChI=1S/C15H16N8/c1-3-22-12-7-5-4-6-11(12)17-15(22)10(2)16-13-8-9-14-18-20-21-23(14)19-13/h4-10H,3H2,1-2H3,(H,16,19). The summed E-state index contributed by atoms with van der Waals surface area (Å²) in [5.41, 5.74) is 2.76. The fourth-order valence-electron chi connectivity index (χ4n) is 2.77. The highest BCUT2D eigenvalue weighted by Crippen LogP contribution is 2.23. The van der Waals surface area contributed by atoms with Crippen molar-refractivity contribution in [2.45, 2.75) is 26.4 Å². The number of para-hydroxylation sites is 2. The molecular formula is C15H16N8. The third kappa shape index (κ3) is 2.28. The summed E-state index contributed by atoms with van der Waals surface area (Å²) in [6.45, 7) is 5.05. The summed E-state index contributed by atoms with van der Waals surface area (Å²) in [6, 6.07) is 11.8.